The minimum absolute atomic E-state index is 0.00458. The summed E-state index contributed by atoms with van der Waals surface area (Å²) in [4.78, 5) is 12.1. The summed E-state index contributed by atoms with van der Waals surface area (Å²) in [5.74, 6) is 0.507. The van der Waals surface area contributed by atoms with E-state index in [1.165, 1.54) is 5.56 Å². The molecule has 1 aromatic carbocycles. The third-order valence-corrected chi connectivity index (χ3v) is 3.78. The smallest absolute Gasteiger partial charge is 0.186 e. The molecule has 1 aromatic heterocycles. The van der Waals surface area contributed by atoms with Gasteiger partial charge in [0.1, 0.15) is 0 Å². The zero-order valence-electron chi connectivity index (χ0n) is 13.5. The number of pyridine rings is 1. The van der Waals surface area contributed by atoms with E-state index in [-0.39, 0.29) is 5.43 Å². The normalized spacial score (nSPS) is 12.0. The third kappa shape index (κ3) is 3.24. The molecule has 2 rings (SSSR count). The van der Waals surface area contributed by atoms with Gasteiger partial charge in [0.05, 0.1) is 0 Å². The molecule has 0 fully saturated rings. The van der Waals surface area contributed by atoms with E-state index in [1.54, 1.807) is 6.07 Å². The van der Waals surface area contributed by atoms with Gasteiger partial charge in [-0.3, -0.25) is 4.79 Å². The average Bonchev–Trinajstić information content (AvgIpc) is 2.37. The molecule has 112 valence electrons. The molecule has 0 unspecified atom stereocenters. The summed E-state index contributed by atoms with van der Waals surface area (Å²) in [7, 11) is 0. The van der Waals surface area contributed by atoms with Crippen LogP contribution in [0.4, 0.5) is 0 Å². The van der Waals surface area contributed by atoms with Gasteiger partial charge in [0.25, 0.3) is 0 Å². The van der Waals surface area contributed by atoms with E-state index < -0.39 is 5.54 Å². The first-order chi connectivity index (χ1) is 9.70. The van der Waals surface area contributed by atoms with Crippen LogP contribution in [0.25, 0.3) is 5.69 Å². The van der Waals surface area contributed by atoms with Gasteiger partial charge >= 0.3 is 0 Å². The molecule has 0 aliphatic rings. The van der Waals surface area contributed by atoms with Crippen LogP contribution in [0.5, 0.6) is 0 Å². The Hall–Kier alpha value is -1.87. The summed E-state index contributed by atoms with van der Waals surface area (Å²) in [5, 5.41) is 0. The first kappa shape index (κ1) is 15.5. The Bertz CT molecular complexity index is 689. The van der Waals surface area contributed by atoms with E-state index in [0.29, 0.717) is 11.5 Å². The van der Waals surface area contributed by atoms with Crippen LogP contribution < -0.4 is 11.2 Å². The maximum absolute atomic E-state index is 12.1. The topological polar surface area (TPSA) is 48.0 Å². The summed E-state index contributed by atoms with van der Waals surface area (Å²) in [6.07, 6.45) is 1.86. The minimum atomic E-state index is -0.648. The second-order valence-electron chi connectivity index (χ2n) is 6.53. The fourth-order valence-electron chi connectivity index (χ4n) is 2.41. The number of aryl methyl sites for hydroxylation is 1. The highest BCUT2D eigenvalue weighted by molar-refractivity contribution is 5.39. The minimum Gasteiger partial charge on any atom is -0.322 e. The molecule has 0 spiro atoms. The maximum Gasteiger partial charge on any atom is 0.186 e. The van der Waals surface area contributed by atoms with Crippen molar-refractivity contribution in [2.24, 2.45) is 5.73 Å². The van der Waals surface area contributed by atoms with Gasteiger partial charge in [-0.05, 0) is 44.4 Å². The lowest BCUT2D eigenvalue weighted by molar-refractivity contribution is 0.544. The predicted octanol–water partition coefficient (Wildman–Crippen LogP) is 3.46. The highest BCUT2D eigenvalue weighted by Gasteiger charge is 2.19. The quantitative estimate of drug-likeness (QED) is 0.938. The molecule has 0 aliphatic carbocycles. The Morgan fingerprint density at radius 3 is 2.19 bits per heavy atom. The molecular formula is C18H24N2O. The number of nitrogens with zero attached hydrogens (tertiary/aromatic N) is 1. The second kappa shape index (κ2) is 5.49. The van der Waals surface area contributed by atoms with Crippen molar-refractivity contribution in [1.82, 2.24) is 4.57 Å². The molecule has 2 aromatic rings. The molecule has 0 saturated heterocycles. The van der Waals surface area contributed by atoms with Gasteiger partial charge < -0.3 is 10.3 Å². The van der Waals surface area contributed by atoms with Gasteiger partial charge in [-0.25, -0.2) is 0 Å². The highest BCUT2D eigenvalue weighted by Crippen LogP contribution is 2.20. The first-order valence-corrected chi connectivity index (χ1v) is 7.33. The van der Waals surface area contributed by atoms with E-state index in [4.69, 9.17) is 5.73 Å². The van der Waals surface area contributed by atoms with Gasteiger partial charge in [-0.2, -0.15) is 0 Å². The number of aromatic nitrogens is 1. The monoisotopic (exact) mass is 284 g/mol. The molecule has 21 heavy (non-hydrogen) atoms. The Kier molecular flexibility index (Phi) is 4.06. The molecule has 0 saturated carbocycles. The Morgan fingerprint density at radius 2 is 1.71 bits per heavy atom. The number of hydrogen-bond acceptors (Lipinski definition) is 2. The fourth-order valence-corrected chi connectivity index (χ4v) is 2.41. The number of nitrogens with two attached hydrogens (primary N) is 1. The van der Waals surface area contributed by atoms with Crippen molar-refractivity contribution in [2.45, 2.75) is 46.1 Å². The number of hydrogen-bond donors (Lipinski definition) is 1. The van der Waals surface area contributed by atoms with Crippen LogP contribution in [0.2, 0.25) is 0 Å². The lowest BCUT2D eigenvalue weighted by Gasteiger charge is -2.21. The van der Waals surface area contributed by atoms with Crippen molar-refractivity contribution >= 4 is 0 Å². The molecule has 0 bridgehead atoms. The predicted molar refractivity (Wildman–Crippen MR) is 88.1 cm³/mol. The Morgan fingerprint density at radius 1 is 1.14 bits per heavy atom. The van der Waals surface area contributed by atoms with Crippen LogP contribution in [0, 0.1) is 6.92 Å². The Balaban J connectivity index is 2.56. The summed E-state index contributed by atoms with van der Waals surface area (Å²) in [6, 6.07) is 10.1. The van der Waals surface area contributed by atoms with E-state index in [1.807, 2.05) is 31.5 Å². The summed E-state index contributed by atoms with van der Waals surface area (Å²) in [6.45, 7) is 9.99. The zero-order chi connectivity index (χ0) is 15.8. The molecule has 0 aliphatic heterocycles. The second-order valence-corrected chi connectivity index (χ2v) is 6.53. The zero-order valence-corrected chi connectivity index (χ0v) is 13.5. The van der Waals surface area contributed by atoms with Crippen molar-refractivity contribution in [2.75, 3.05) is 0 Å². The third-order valence-electron chi connectivity index (χ3n) is 3.78. The molecule has 0 amide bonds. The van der Waals surface area contributed by atoms with Gasteiger partial charge in [-0.1, -0.05) is 26.0 Å². The summed E-state index contributed by atoms with van der Waals surface area (Å²) < 4.78 is 2.02. The SMILES string of the molecule is Cc1cc(=O)c(C(C)(C)N)cn1-c1ccc(C(C)C)cc1. The molecule has 3 nitrogen and oxygen atoms in total. The standard InChI is InChI=1S/C18H24N2O/c1-12(2)14-6-8-15(9-7-14)20-11-16(18(4,5)19)17(21)10-13(20)3/h6-12H,19H2,1-5H3. The van der Waals surface area contributed by atoms with Gasteiger partial charge in [0.2, 0.25) is 0 Å². The van der Waals surface area contributed by atoms with E-state index >= 15 is 0 Å². The summed E-state index contributed by atoms with van der Waals surface area (Å²) >= 11 is 0. The van der Waals surface area contributed by atoms with Crippen LogP contribution in [-0.4, -0.2) is 4.57 Å². The first-order valence-electron chi connectivity index (χ1n) is 7.33. The van der Waals surface area contributed by atoms with Crippen molar-refractivity contribution in [3.8, 4) is 5.69 Å². The van der Waals surface area contributed by atoms with Crippen molar-refractivity contribution in [1.29, 1.82) is 0 Å². The van der Waals surface area contributed by atoms with E-state index in [2.05, 4.69) is 38.1 Å². The van der Waals surface area contributed by atoms with Gasteiger partial charge in [0.15, 0.2) is 5.43 Å². The average molecular weight is 284 g/mol. The van der Waals surface area contributed by atoms with Crippen molar-refractivity contribution in [3.63, 3.8) is 0 Å². The molecule has 0 atom stereocenters. The lowest BCUT2D eigenvalue weighted by atomic mass is 9.96. The van der Waals surface area contributed by atoms with Crippen LogP contribution in [0.15, 0.2) is 41.3 Å². The molecule has 3 heteroatoms. The maximum atomic E-state index is 12.1. The van der Waals surface area contributed by atoms with Crippen molar-refractivity contribution < 1.29 is 0 Å². The molecule has 0 radical (unpaired) electrons. The van der Waals surface area contributed by atoms with Crippen molar-refractivity contribution in [3.05, 3.63) is 63.6 Å². The molecular weight excluding hydrogens is 260 g/mol. The Labute approximate surface area is 126 Å². The highest BCUT2D eigenvalue weighted by atomic mass is 16.1. The van der Waals surface area contributed by atoms with Gasteiger partial charge in [-0.15, -0.1) is 0 Å². The molecule has 2 N–H and O–H groups in total. The van der Waals surface area contributed by atoms with Crippen LogP contribution in [0.1, 0.15) is 50.4 Å². The van der Waals surface area contributed by atoms with E-state index in [0.717, 1.165) is 11.4 Å². The number of rotatable bonds is 3. The van der Waals surface area contributed by atoms with Gasteiger partial charge in [0, 0.05) is 34.7 Å². The van der Waals surface area contributed by atoms with E-state index in [9.17, 15) is 4.79 Å². The number of benzene rings is 1. The largest absolute Gasteiger partial charge is 0.322 e. The van der Waals surface area contributed by atoms with Crippen LogP contribution >= 0.6 is 0 Å². The summed E-state index contributed by atoms with van der Waals surface area (Å²) in [5.41, 5.74) is 9.33. The fraction of sp³-hybridized carbons (Fsp3) is 0.389. The lowest BCUT2D eigenvalue weighted by Crippen LogP contribution is -2.35. The van der Waals surface area contributed by atoms with Crippen LogP contribution in [0.3, 0.4) is 0 Å². The van der Waals surface area contributed by atoms with Crippen LogP contribution in [-0.2, 0) is 5.54 Å². The molecule has 1 heterocycles.